The van der Waals surface area contributed by atoms with Crippen LogP contribution in [-0.4, -0.2) is 3.78 Å². The van der Waals surface area contributed by atoms with Crippen LogP contribution in [0.5, 0.6) is 0 Å². The average molecular weight is 232 g/mol. The van der Waals surface area contributed by atoms with Crippen molar-refractivity contribution in [3.63, 3.8) is 0 Å². The fraction of sp³-hybridized carbons (Fsp3) is 0.333. The van der Waals surface area contributed by atoms with Gasteiger partial charge in [-0.05, 0) is 12.0 Å². The Morgan fingerprint density at radius 1 is 1.36 bits per heavy atom. The van der Waals surface area contributed by atoms with Crippen molar-refractivity contribution in [3.8, 4) is 0 Å². The Bertz CT molecular complexity index is 256. The minimum Gasteiger partial charge on any atom is -0.106 e. The zero-order valence-electron chi connectivity index (χ0n) is 5.93. The van der Waals surface area contributed by atoms with E-state index in [1.807, 2.05) is 18.2 Å². The molecule has 2 heteroatoms. The van der Waals surface area contributed by atoms with Crippen LogP contribution in [0, 0.1) is 0 Å². The predicted molar refractivity (Wildman–Crippen MR) is 51.3 cm³/mol. The van der Waals surface area contributed by atoms with E-state index in [1.54, 1.807) is 0 Å². The Kier molecular flexibility index (Phi) is 1.73. The maximum atomic E-state index is 6.06. The molecule has 0 aromatic heterocycles. The van der Waals surface area contributed by atoms with Gasteiger partial charge in [0.05, 0.1) is 0 Å². The zero-order chi connectivity index (χ0) is 7.90. The lowest BCUT2D eigenvalue weighted by Gasteiger charge is -1.98. The predicted octanol–water partition coefficient (Wildman–Crippen LogP) is 3.50. The van der Waals surface area contributed by atoms with E-state index in [0.717, 1.165) is 6.42 Å². The van der Waals surface area contributed by atoms with Crippen molar-refractivity contribution in [3.05, 3.63) is 35.9 Å². The van der Waals surface area contributed by atoms with E-state index in [-0.39, 0.29) is 3.78 Å². The largest absolute Gasteiger partial charge is 0.107 e. The van der Waals surface area contributed by atoms with Crippen molar-refractivity contribution in [1.29, 1.82) is 0 Å². The maximum absolute atomic E-state index is 6.06. The van der Waals surface area contributed by atoms with Crippen molar-refractivity contribution in [2.45, 2.75) is 16.1 Å². The smallest absolute Gasteiger partial charge is 0.106 e. The number of rotatable bonds is 1. The van der Waals surface area contributed by atoms with Crippen LogP contribution in [0.15, 0.2) is 30.3 Å². The van der Waals surface area contributed by atoms with E-state index in [1.165, 1.54) is 5.56 Å². The molecule has 0 saturated heterocycles. The Labute approximate surface area is 79.7 Å². The molecular weight excluding hydrogens is 223 g/mol. The van der Waals surface area contributed by atoms with Gasteiger partial charge in [0.15, 0.2) is 0 Å². The van der Waals surface area contributed by atoms with E-state index in [9.17, 15) is 0 Å². The van der Waals surface area contributed by atoms with E-state index < -0.39 is 0 Å². The van der Waals surface area contributed by atoms with Gasteiger partial charge in [-0.2, -0.15) is 0 Å². The van der Waals surface area contributed by atoms with Crippen molar-refractivity contribution < 1.29 is 0 Å². The second-order valence-electron chi connectivity index (χ2n) is 2.93. The van der Waals surface area contributed by atoms with Gasteiger partial charge in [-0.15, -0.1) is 11.6 Å². The molecule has 1 aromatic carbocycles. The van der Waals surface area contributed by atoms with E-state index in [4.69, 9.17) is 11.6 Å². The molecule has 1 aromatic rings. The van der Waals surface area contributed by atoms with Gasteiger partial charge < -0.3 is 0 Å². The molecule has 2 unspecified atom stereocenters. The van der Waals surface area contributed by atoms with Crippen LogP contribution in [-0.2, 0) is 0 Å². The summed E-state index contributed by atoms with van der Waals surface area (Å²) in [6.45, 7) is 0. The first-order valence-electron chi connectivity index (χ1n) is 3.63. The molecule has 0 nitrogen and oxygen atoms in total. The monoisotopic (exact) mass is 230 g/mol. The first-order valence-corrected chi connectivity index (χ1v) is 4.80. The van der Waals surface area contributed by atoms with Crippen LogP contribution in [0.3, 0.4) is 0 Å². The van der Waals surface area contributed by atoms with Gasteiger partial charge in [0.25, 0.3) is 0 Å². The van der Waals surface area contributed by atoms with Crippen LogP contribution in [0.25, 0.3) is 0 Å². The molecule has 0 bridgehead atoms. The third kappa shape index (κ3) is 1.45. The molecule has 0 amide bonds. The molecule has 0 spiro atoms. The van der Waals surface area contributed by atoms with Crippen LogP contribution in [0.4, 0.5) is 0 Å². The molecule has 0 heterocycles. The Morgan fingerprint density at radius 3 is 2.36 bits per heavy atom. The summed E-state index contributed by atoms with van der Waals surface area (Å²) in [5.74, 6) is 0.505. The van der Waals surface area contributed by atoms with Crippen LogP contribution < -0.4 is 0 Å². The molecule has 1 saturated carbocycles. The highest BCUT2D eigenvalue weighted by Gasteiger charge is 2.51. The number of halogens is 2. The summed E-state index contributed by atoms with van der Waals surface area (Å²) >= 11 is 9.51. The van der Waals surface area contributed by atoms with Gasteiger partial charge in [-0.25, -0.2) is 0 Å². The highest BCUT2D eigenvalue weighted by Crippen LogP contribution is 2.60. The fourth-order valence-corrected chi connectivity index (χ4v) is 2.13. The number of alkyl halides is 2. The van der Waals surface area contributed by atoms with Gasteiger partial charge in [0.1, 0.15) is 3.78 Å². The van der Waals surface area contributed by atoms with Crippen molar-refractivity contribution in [1.82, 2.24) is 0 Å². The zero-order valence-corrected chi connectivity index (χ0v) is 8.27. The summed E-state index contributed by atoms with van der Waals surface area (Å²) in [5, 5.41) is 0. The summed E-state index contributed by atoms with van der Waals surface area (Å²) in [6, 6.07) is 10.4. The van der Waals surface area contributed by atoms with Gasteiger partial charge in [0.2, 0.25) is 0 Å². The summed E-state index contributed by atoms with van der Waals surface area (Å²) in [6.07, 6.45) is 1.04. The minimum atomic E-state index is -0.144. The second-order valence-corrected chi connectivity index (χ2v) is 5.47. The summed E-state index contributed by atoms with van der Waals surface area (Å²) in [4.78, 5) is 0. The topological polar surface area (TPSA) is 0 Å². The van der Waals surface area contributed by atoms with Gasteiger partial charge >= 0.3 is 0 Å². The first-order chi connectivity index (χ1) is 5.20. The molecular formula is C9H8BrCl. The van der Waals surface area contributed by atoms with Crippen molar-refractivity contribution in [2.75, 3.05) is 0 Å². The minimum absolute atomic E-state index is 0.144. The molecule has 2 atom stereocenters. The fourth-order valence-electron chi connectivity index (χ4n) is 1.26. The molecule has 58 valence electrons. The molecule has 0 radical (unpaired) electrons. The van der Waals surface area contributed by atoms with Gasteiger partial charge in [-0.3, -0.25) is 0 Å². The number of hydrogen-bond donors (Lipinski definition) is 0. The van der Waals surface area contributed by atoms with Crippen LogP contribution in [0.2, 0.25) is 0 Å². The third-order valence-electron chi connectivity index (χ3n) is 2.03. The molecule has 1 aliphatic carbocycles. The first kappa shape index (κ1) is 7.63. The van der Waals surface area contributed by atoms with E-state index in [0.29, 0.717) is 5.92 Å². The Hall–Kier alpha value is -0.0100. The molecule has 1 fully saturated rings. The summed E-state index contributed by atoms with van der Waals surface area (Å²) in [7, 11) is 0. The standard InChI is InChI=1S/C9H8BrCl/c10-9(11)6-8(9)7-4-2-1-3-5-7/h1-5,8H,6H2. The Balaban J connectivity index is 2.21. The summed E-state index contributed by atoms with van der Waals surface area (Å²) in [5.41, 5.74) is 1.33. The third-order valence-corrected chi connectivity index (χ3v) is 3.32. The van der Waals surface area contributed by atoms with Crippen LogP contribution >= 0.6 is 27.5 Å². The number of benzene rings is 1. The Morgan fingerprint density at radius 2 is 1.91 bits per heavy atom. The quantitative estimate of drug-likeness (QED) is 0.649. The molecule has 0 aliphatic heterocycles. The SMILES string of the molecule is ClC1(Br)CC1c1ccccc1. The van der Waals surface area contributed by atoms with Gasteiger partial charge in [0, 0.05) is 5.92 Å². The lowest BCUT2D eigenvalue weighted by Crippen LogP contribution is -1.87. The highest BCUT2D eigenvalue weighted by molar-refractivity contribution is 9.10. The summed E-state index contributed by atoms with van der Waals surface area (Å²) < 4.78 is -0.144. The van der Waals surface area contributed by atoms with E-state index >= 15 is 0 Å². The van der Waals surface area contributed by atoms with Crippen LogP contribution in [0.1, 0.15) is 17.9 Å². The van der Waals surface area contributed by atoms with Gasteiger partial charge in [-0.1, -0.05) is 46.3 Å². The molecule has 1 aliphatic rings. The lowest BCUT2D eigenvalue weighted by molar-refractivity contribution is 1.12. The molecule has 2 rings (SSSR count). The number of hydrogen-bond acceptors (Lipinski definition) is 0. The maximum Gasteiger partial charge on any atom is 0.107 e. The molecule has 11 heavy (non-hydrogen) atoms. The molecule has 0 N–H and O–H groups in total. The van der Waals surface area contributed by atoms with E-state index in [2.05, 4.69) is 28.1 Å². The average Bonchev–Trinajstić information content (AvgIpc) is 2.62. The lowest BCUT2D eigenvalue weighted by atomic mass is 10.1. The van der Waals surface area contributed by atoms with Crippen molar-refractivity contribution in [2.24, 2.45) is 0 Å². The van der Waals surface area contributed by atoms with Crippen molar-refractivity contribution >= 4 is 27.5 Å². The second kappa shape index (κ2) is 2.49. The normalized spacial score (nSPS) is 35.3. The highest BCUT2D eigenvalue weighted by atomic mass is 79.9.